The molecule has 11 heteroatoms. The summed E-state index contributed by atoms with van der Waals surface area (Å²) in [5, 5.41) is 10.6. The van der Waals surface area contributed by atoms with Crippen molar-refractivity contribution in [3.63, 3.8) is 0 Å². The zero-order valence-electron chi connectivity index (χ0n) is 13.0. The molecule has 0 atom stereocenters. The first-order chi connectivity index (χ1) is 11.8. The van der Waals surface area contributed by atoms with Gasteiger partial charge in [0, 0.05) is 18.2 Å². The standard InChI is InChI=1S/C14H15N3O7S/c18-13-15(10-4-2-1-3-5-10)14(19)24-17(13)25(22,23)12-8-6-11(7-9-12)16(20)21/h6-10H,1-5H2. The Balaban J connectivity index is 2.05. The molecule has 1 aromatic heterocycles. The van der Waals surface area contributed by atoms with E-state index in [4.69, 9.17) is 0 Å². The number of hydrogen-bond donors (Lipinski definition) is 0. The van der Waals surface area contributed by atoms with Gasteiger partial charge in [0.25, 0.3) is 15.7 Å². The van der Waals surface area contributed by atoms with Gasteiger partial charge in [-0.2, -0.15) is 8.42 Å². The molecule has 1 aliphatic rings. The minimum absolute atomic E-state index is 0.0467. The molecule has 0 bridgehead atoms. The summed E-state index contributed by atoms with van der Waals surface area (Å²) >= 11 is 0. The van der Waals surface area contributed by atoms with Crippen molar-refractivity contribution in [1.82, 2.24) is 8.71 Å². The second kappa shape index (κ2) is 6.31. The summed E-state index contributed by atoms with van der Waals surface area (Å²) in [6, 6.07) is 3.57. The number of nitro groups is 1. The van der Waals surface area contributed by atoms with Crippen molar-refractivity contribution < 1.29 is 17.9 Å². The van der Waals surface area contributed by atoms with Crippen LogP contribution in [0.15, 0.2) is 43.3 Å². The predicted octanol–water partition coefficient (Wildman–Crippen LogP) is 1.25. The van der Waals surface area contributed by atoms with Gasteiger partial charge in [-0.25, -0.2) is 14.2 Å². The van der Waals surface area contributed by atoms with Crippen molar-refractivity contribution in [2.24, 2.45) is 0 Å². The number of rotatable bonds is 4. The van der Waals surface area contributed by atoms with Crippen molar-refractivity contribution in [1.29, 1.82) is 0 Å². The smallest absolute Gasteiger partial charge is 0.301 e. The first-order valence-corrected chi connectivity index (χ1v) is 9.11. The Morgan fingerprint density at radius 1 is 1.08 bits per heavy atom. The summed E-state index contributed by atoms with van der Waals surface area (Å²) in [5.41, 5.74) is -1.36. The van der Waals surface area contributed by atoms with Crippen LogP contribution >= 0.6 is 0 Å². The zero-order chi connectivity index (χ0) is 18.2. The van der Waals surface area contributed by atoms with Crippen LogP contribution in [0.25, 0.3) is 0 Å². The van der Waals surface area contributed by atoms with Gasteiger partial charge in [-0.1, -0.05) is 19.3 Å². The lowest BCUT2D eigenvalue weighted by Gasteiger charge is -2.20. The minimum atomic E-state index is -4.46. The van der Waals surface area contributed by atoms with Gasteiger partial charge in [0.1, 0.15) is 0 Å². The van der Waals surface area contributed by atoms with E-state index in [2.05, 4.69) is 4.52 Å². The molecule has 1 fully saturated rings. The fourth-order valence-corrected chi connectivity index (χ4v) is 4.08. The number of hydrogen-bond acceptors (Lipinski definition) is 7. The maximum absolute atomic E-state index is 12.5. The van der Waals surface area contributed by atoms with Crippen molar-refractivity contribution >= 4 is 15.7 Å². The highest BCUT2D eigenvalue weighted by atomic mass is 32.2. The topological polar surface area (TPSA) is 134 Å². The molecule has 0 spiro atoms. The van der Waals surface area contributed by atoms with Gasteiger partial charge in [0.15, 0.2) is 0 Å². The monoisotopic (exact) mass is 369 g/mol. The van der Waals surface area contributed by atoms with Crippen molar-refractivity contribution in [3.8, 4) is 0 Å². The molecule has 3 rings (SSSR count). The number of non-ortho nitro benzene ring substituents is 1. The van der Waals surface area contributed by atoms with Gasteiger partial charge < -0.3 is 4.52 Å². The van der Waals surface area contributed by atoms with E-state index < -0.39 is 26.4 Å². The van der Waals surface area contributed by atoms with Crippen LogP contribution in [-0.4, -0.2) is 22.1 Å². The molecule has 2 aromatic rings. The molecule has 1 aliphatic carbocycles. The molecule has 10 nitrogen and oxygen atoms in total. The second-order valence-electron chi connectivity index (χ2n) is 5.78. The van der Waals surface area contributed by atoms with E-state index in [1.54, 1.807) is 0 Å². The summed E-state index contributed by atoms with van der Waals surface area (Å²) in [4.78, 5) is 34.0. The average Bonchev–Trinajstić information content (AvgIpc) is 2.91. The molecule has 0 saturated heterocycles. The Morgan fingerprint density at radius 2 is 1.68 bits per heavy atom. The third kappa shape index (κ3) is 3.02. The summed E-state index contributed by atoms with van der Waals surface area (Å²) in [5.74, 6) is -1.03. The molecule has 1 heterocycles. The Bertz CT molecular complexity index is 1010. The number of nitrogens with zero attached hydrogens (tertiary/aromatic N) is 3. The Morgan fingerprint density at radius 3 is 2.24 bits per heavy atom. The Kier molecular flexibility index (Phi) is 4.33. The number of benzene rings is 1. The molecule has 25 heavy (non-hydrogen) atoms. The molecule has 0 unspecified atom stereocenters. The van der Waals surface area contributed by atoms with E-state index in [0.29, 0.717) is 12.8 Å². The van der Waals surface area contributed by atoms with E-state index >= 15 is 0 Å². The first kappa shape index (κ1) is 17.1. The lowest BCUT2D eigenvalue weighted by Crippen LogP contribution is -2.35. The molecule has 0 amide bonds. The zero-order valence-corrected chi connectivity index (χ0v) is 13.8. The summed E-state index contributed by atoms with van der Waals surface area (Å²) in [7, 11) is -4.46. The summed E-state index contributed by atoms with van der Waals surface area (Å²) in [6.45, 7) is 0. The number of nitro benzene ring substituents is 1. The molecule has 1 saturated carbocycles. The molecular formula is C14H15N3O7S. The van der Waals surface area contributed by atoms with Gasteiger partial charge in [-0.3, -0.25) is 10.1 Å². The fraction of sp³-hybridized carbons (Fsp3) is 0.429. The van der Waals surface area contributed by atoms with Gasteiger partial charge in [-0.15, -0.1) is 0 Å². The molecule has 0 radical (unpaired) electrons. The van der Waals surface area contributed by atoms with Crippen LogP contribution in [0.5, 0.6) is 0 Å². The van der Waals surface area contributed by atoms with Crippen LogP contribution in [0.3, 0.4) is 0 Å². The van der Waals surface area contributed by atoms with Gasteiger partial charge in [0.2, 0.25) is 0 Å². The van der Waals surface area contributed by atoms with Gasteiger partial charge in [0.05, 0.1) is 9.82 Å². The largest absolute Gasteiger partial charge is 0.443 e. The van der Waals surface area contributed by atoms with E-state index in [1.807, 2.05) is 0 Å². The van der Waals surface area contributed by atoms with E-state index in [-0.39, 0.29) is 20.8 Å². The van der Waals surface area contributed by atoms with Crippen LogP contribution < -0.4 is 11.4 Å². The van der Waals surface area contributed by atoms with Crippen LogP contribution in [0.1, 0.15) is 38.1 Å². The normalized spacial score (nSPS) is 16.0. The third-order valence-corrected chi connectivity index (χ3v) is 5.76. The first-order valence-electron chi connectivity index (χ1n) is 7.67. The molecule has 1 aromatic carbocycles. The predicted molar refractivity (Wildman–Crippen MR) is 85.0 cm³/mol. The summed E-state index contributed by atoms with van der Waals surface area (Å²) < 4.78 is 30.6. The highest BCUT2D eigenvalue weighted by Crippen LogP contribution is 2.26. The third-order valence-electron chi connectivity index (χ3n) is 4.22. The molecular weight excluding hydrogens is 354 g/mol. The second-order valence-corrected chi connectivity index (χ2v) is 7.54. The SMILES string of the molecule is O=c1on(S(=O)(=O)c2ccc([N+](=O)[O-])cc2)c(=O)n1C1CCCCC1. The van der Waals surface area contributed by atoms with Crippen LogP contribution in [0.2, 0.25) is 0 Å². The molecule has 0 aliphatic heterocycles. The van der Waals surface area contributed by atoms with Gasteiger partial charge in [-0.05, 0) is 29.1 Å². The average molecular weight is 369 g/mol. The highest BCUT2D eigenvalue weighted by Gasteiger charge is 2.29. The number of aromatic nitrogens is 2. The summed E-state index contributed by atoms with van der Waals surface area (Å²) in [6.07, 6.45) is 3.89. The molecule has 134 valence electrons. The van der Waals surface area contributed by atoms with Crippen LogP contribution in [-0.2, 0) is 10.0 Å². The van der Waals surface area contributed by atoms with Crippen molar-refractivity contribution in [2.45, 2.75) is 43.0 Å². The van der Waals surface area contributed by atoms with Crippen molar-refractivity contribution in [3.05, 3.63) is 55.4 Å². The maximum Gasteiger partial charge on any atom is 0.443 e. The van der Waals surface area contributed by atoms with Gasteiger partial charge >= 0.3 is 11.4 Å². The van der Waals surface area contributed by atoms with Crippen LogP contribution in [0.4, 0.5) is 5.69 Å². The van der Waals surface area contributed by atoms with E-state index in [0.717, 1.165) is 48.1 Å². The quantitative estimate of drug-likeness (QED) is 0.584. The van der Waals surface area contributed by atoms with E-state index in [9.17, 15) is 28.1 Å². The Labute approximate surface area is 141 Å². The van der Waals surface area contributed by atoms with Crippen LogP contribution in [0, 0.1) is 10.1 Å². The maximum atomic E-state index is 12.5. The highest BCUT2D eigenvalue weighted by molar-refractivity contribution is 7.89. The van der Waals surface area contributed by atoms with Crippen molar-refractivity contribution in [2.75, 3.05) is 0 Å². The lowest BCUT2D eigenvalue weighted by molar-refractivity contribution is -0.384. The Hall–Kier alpha value is -2.69. The van der Waals surface area contributed by atoms with E-state index in [1.165, 1.54) is 0 Å². The fourth-order valence-electron chi connectivity index (χ4n) is 2.95. The lowest BCUT2D eigenvalue weighted by atomic mass is 9.95. The minimum Gasteiger partial charge on any atom is -0.301 e. The molecule has 0 N–H and O–H groups in total.